The van der Waals surface area contributed by atoms with Crippen molar-refractivity contribution in [3.8, 4) is 17.2 Å². The normalized spacial score (nSPS) is 12.9. The number of benzene rings is 3. The molecule has 0 amide bonds. The molecule has 0 bridgehead atoms. The average Bonchev–Trinajstić information content (AvgIpc) is 2.58. The van der Waals surface area contributed by atoms with E-state index in [0.717, 1.165) is 0 Å². The molecule has 0 aliphatic heterocycles. The van der Waals surface area contributed by atoms with E-state index < -0.39 is 7.82 Å². The van der Waals surface area contributed by atoms with Crippen molar-refractivity contribution in [2.45, 2.75) is 0 Å². The van der Waals surface area contributed by atoms with Crippen LogP contribution in [-0.2, 0) is 4.57 Å². The highest BCUT2D eigenvalue weighted by Gasteiger charge is 2.34. The van der Waals surface area contributed by atoms with Crippen LogP contribution in [0.2, 0.25) is 10.0 Å². The van der Waals surface area contributed by atoms with Gasteiger partial charge in [0.15, 0.2) is 5.75 Å². The molecule has 0 saturated heterocycles. The molecule has 0 N–H and O–H groups in total. The van der Waals surface area contributed by atoms with Crippen LogP contribution in [0.5, 0.6) is 17.2 Å². The van der Waals surface area contributed by atoms with Crippen LogP contribution in [0.4, 0.5) is 0 Å². The first-order chi connectivity index (χ1) is 12.0. The summed E-state index contributed by atoms with van der Waals surface area (Å²) in [6.07, 6.45) is 0. The lowest BCUT2D eigenvalue weighted by Crippen LogP contribution is -2.07. The second-order valence-corrected chi connectivity index (χ2v) is 7.21. The van der Waals surface area contributed by atoms with E-state index in [4.69, 9.17) is 36.8 Å². The van der Waals surface area contributed by atoms with Crippen molar-refractivity contribution in [1.82, 2.24) is 0 Å². The molecule has 4 nitrogen and oxygen atoms in total. The molecule has 0 aliphatic carbocycles. The Hall–Kier alpha value is -2.13. The number of para-hydroxylation sites is 2. The minimum Gasteiger partial charge on any atom is -0.386 e. The van der Waals surface area contributed by atoms with Gasteiger partial charge in [-0.3, -0.25) is 0 Å². The van der Waals surface area contributed by atoms with E-state index >= 15 is 0 Å². The van der Waals surface area contributed by atoms with Gasteiger partial charge in [-0.25, -0.2) is 0 Å². The van der Waals surface area contributed by atoms with Gasteiger partial charge in [0, 0.05) is 5.02 Å². The minimum atomic E-state index is -4.07. The SMILES string of the molecule is O=P(Oc1ccccc1)(Oc1cccc(Cl)c1)Oc1ccccc1Cl. The topological polar surface area (TPSA) is 44.8 Å². The van der Waals surface area contributed by atoms with Crippen LogP contribution in [0, 0.1) is 0 Å². The average molecular weight is 395 g/mol. The van der Waals surface area contributed by atoms with Gasteiger partial charge >= 0.3 is 7.82 Å². The highest BCUT2D eigenvalue weighted by atomic mass is 35.5. The molecule has 0 saturated carbocycles. The van der Waals surface area contributed by atoms with Crippen LogP contribution in [0.1, 0.15) is 0 Å². The molecule has 25 heavy (non-hydrogen) atoms. The Bertz CT molecular complexity index is 902. The molecular formula is C18H13Cl2O4P. The first-order valence-electron chi connectivity index (χ1n) is 7.28. The Morgan fingerprint density at radius 2 is 1.32 bits per heavy atom. The largest absolute Gasteiger partial charge is 0.647 e. The van der Waals surface area contributed by atoms with Gasteiger partial charge in [-0.1, -0.05) is 59.6 Å². The fourth-order valence-electron chi connectivity index (χ4n) is 1.96. The Labute approximate surface area is 155 Å². The maximum atomic E-state index is 13.2. The molecule has 128 valence electrons. The fourth-order valence-corrected chi connectivity index (χ4v) is 3.63. The lowest BCUT2D eigenvalue weighted by atomic mass is 10.3. The number of rotatable bonds is 6. The maximum absolute atomic E-state index is 13.2. The van der Waals surface area contributed by atoms with Crippen molar-refractivity contribution in [1.29, 1.82) is 0 Å². The standard InChI is InChI=1S/C18H13Cl2O4P/c19-14-7-6-10-16(13-14)23-25(21,22-15-8-2-1-3-9-15)24-18-12-5-4-11-17(18)20/h1-13H. The van der Waals surface area contributed by atoms with E-state index in [1.165, 1.54) is 6.07 Å². The van der Waals surface area contributed by atoms with Gasteiger partial charge in [0.05, 0.1) is 5.02 Å². The molecule has 1 atom stereocenters. The zero-order valence-electron chi connectivity index (χ0n) is 12.8. The van der Waals surface area contributed by atoms with E-state index in [0.29, 0.717) is 10.8 Å². The van der Waals surface area contributed by atoms with Crippen molar-refractivity contribution in [2.75, 3.05) is 0 Å². The summed E-state index contributed by atoms with van der Waals surface area (Å²) in [7, 11) is -4.07. The molecule has 7 heteroatoms. The zero-order chi connectivity index (χ0) is 17.7. The summed E-state index contributed by atoms with van der Waals surface area (Å²) in [5.74, 6) is 0.768. The first-order valence-corrected chi connectivity index (χ1v) is 9.50. The van der Waals surface area contributed by atoms with Crippen molar-refractivity contribution in [3.05, 3.63) is 88.9 Å². The smallest absolute Gasteiger partial charge is 0.386 e. The molecule has 3 aromatic rings. The van der Waals surface area contributed by atoms with Crippen LogP contribution in [-0.4, -0.2) is 0 Å². The summed E-state index contributed by atoms with van der Waals surface area (Å²) in [5.41, 5.74) is 0. The maximum Gasteiger partial charge on any atom is 0.647 e. The quantitative estimate of drug-likeness (QED) is 0.439. The van der Waals surface area contributed by atoms with Gasteiger partial charge in [0.2, 0.25) is 0 Å². The zero-order valence-corrected chi connectivity index (χ0v) is 15.2. The fraction of sp³-hybridized carbons (Fsp3) is 0. The predicted molar refractivity (Wildman–Crippen MR) is 98.8 cm³/mol. The minimum absolute atomic E-state index is 0.186. The number of phosphoric acid groups is 1. The van der Waals surface area contributed by atoms with Crippen molar-refractivity contribution in [2.24, 2.45) is 0 Å². The summed E-state index contributed by atoms with van der Waals surface area (Å²) < 4.78 is 29.8. The summed E-state index contributed by atoms with van der Waals surface area (Å²) in [6.45, 7) is 0. The van der Waals surface area contributed by atoms with Crippen LogP contribution in [0.3, 0.4) is 0 Å². The highest BCUT2D eigenvalue weighted by Crippen LogP contribution is 2.51. The van der Waals surface area contributed by atoms with E-state index in [9.17, 15) is 4.57 Å². The van der Waals surface area contributed by atoms with Crippen molar-refractivity contribution in [3.63, 3.8) is 0 Å². The van der Waals surface area contributed by atoms with Crippen LogP contribution < -0.4 is 13.6 Å². The molecule has 3 aromatic carbocycles. The Morgan fingerprint density at radius 1 is 0.680 bits per heavy atom. The molecule has 0 aromatic heterocycles. The molecule has 0 fully saturated rings. The molecule has 0 aliphatic rings. The summed E-state index contributed by atoms with van der Waals surface area (Å²) in [6, 6.07) is 21.7. The lowest BCUT2D eigenvalue weighted by Gasteiger charge is -2.20. The molecule has 0 radical (unpaired) electrons. The monoisotopic (exact) mass is 394 g/mol. The van der Waals surface area contributed by atoms with Gasteiger partial charge in [0.1, 0.15) is 11.5 Å². The first kappa shape index (κ1) is 17.7. The number of halogens is 2. The van der Waals surface area contributed by atoms with Crippen LogP contribution in [0.25, 0.3) is 0 Å². The highest BCUT2D eigenvalue weighted by molar-refractivity contribution is 7.49. The lowest BCUT2D eigenvalue weighted by molar-refractivity contribution is 0.298. The second kappa shape index (κ2) is 7.83. The van der Waals surface area contributed by atoms with E-state index in [-0.39, 0.29) is 16.5 Å². The van der Waals surface area contributed by atoms with Crippen molar-refractivity contribution >= 4 is 31.0 Å². The van der Waals surface area contributed by atoms with Gasteiger partial charge in [0.25, 0.3) is 0 Å². The van der Waals surface area contributed by atoms with Crippen LogP contribution in [0.15, 0.2) is 78.9 Å². The number of hydrogen-bond donors (Lipinski definition) is 0. The Balaban J connectivity index is 1.92. The van der Waals surface area contributed by atoms with Gasteiger partial charge in [-0.2, -0.15) is 4.57 Å². The summed E-state index contributed by atoms with van der Waals surface area (Å²) >= 11 is 12.0. The second-order valence-electron chi connectivity index (χ2n) is 4.92. The third kappa shape index (κ3) is 4.93. The molecule has 3 rings (SSSR count). The molecule has 0 heterocycles. The van der Waals surface area contributed by atoms with E-state index in [2.05, 4.69) is 0 Å². The van der Waals surface area contributed by atoms with Gasteiger partial charge in [-0.15, -0.1) is 0 Å². The predicted octanol–water partition coefficient (Wildman–Crippen LogP) is 6.64. The summed E-state index contributed by atoms with van der Waals surface area (Å²) in [5, 5.41) is 0.718. The number of phosphoric ester groups is 1. The third-order valence-electron chi connectivity index (χ3n) is 3.02. The molecular weight excluding hydrogens is 382 g/mol. The number of hydrogen-bond acceptors (Lipinski definition) is 4. The third-order valence-corrected chi connectivity index (χ3v) is 4.86. The molecule has 0 spiro atoms. The Kier molecular flexibility index (Phi) is 5.54. The summed E-state index contributed by atoms with van der Waals surface area (Å²) in [4.78, 5) is 0. The van der Waals surface area contributed by atoms with Crippen LogP contribution >= 0.6 is 31.0 Å². The Morgan fingerprint density at radius 3 is 2.04 bits per heavy atom. The van der Waals surface area contributed by atoms with E-state index in [1.54, 1.807) is 66.7 Å². The van der Waals surface area contributed by atoms with Gasteiger partial charge < -0.3 is 13.6 Å². The van der Waals surface area contributed by atoms with Crippen molar-refractivity contribution < 1.29 is 18.1 Å². The van der Waals surface area contributed by atoms with E-state index in [1.807, 2.05) is 6.07 Å². The van der Waals surface area contributed by atoms with Gasteiger partial charge in [-0.05, 0) is 42.5 Å². The molecule has 1 unspecified atom stereocenters.